The maximum atomic E-state index is 13.5. The molecule has 0 aromatic heterocycles. The smallest absolute Gasteiger partial charge is 0.254 e. The summed E-state index contributed by atoms with van der Waals surface area (Å²) in [5, 5.41) is 11.3. The van der Waals surface area contributed by atoms with Gasteiger partial charge in [-0.2, -0.15) is 0 Å². The fourth-order valence-corrected chi connectivity index (χ4v) is 1.62. The van der Waals surface area contributed by atoms with Crippen LogP contribution in [0.25, 0.3) is 6.08 Å². The van der Waals surface area contributed by atoms with Gasteiger partial charge >= 0.3 is 0 Å². The lowest BCUT2D eigenvalue weighted by Gasteiger charge is -2.01. The summed E-state index contributed by atoms with van der Waals surface area (Å²) >= 11 is 5.51. The average Bonchev–Trinajstić information content (AvgIpc) is 2.54. The highest BCUT2D eigenvalue weighted by atomic mass is 35.5. The molecular formula is C11H7ClFNO3. The van der Waals surface area contributed by atoms with Crippen LogP contribution < -0.4 is 5.32 Å². The van der Waals surface area contributed by atoms with Gasteiger partial charge in [0.1, 0.15) is 11.6 Å². The number of rotatable bonds is 1. The fourth-order valence-electron chi connectivity index (χ4n) is 1.47. The minimum absolute atomic E-state index is 0.00625. The van der Waals surface area contributed by atoms with Crippen molar-refractivity contribution in [2.24, 2.45) is 0 Å². The number of aromatic hydroxyl groups is 1. The fraction of sp³-hybridized carbons (Fsp3) is 0.0909. The molecule has 0 aliphatic carbocycles. The monoisotopic (exact) mass is 255 g/mol. The van der Waals surface area contributed by atoms with Gasteiger partial charge in [-0.1, -0.05) is 11.6 Å². The molecule has 1 heterocycles. The van der Waals surface area contributed by atoms with Gasteiger partial charge in [-0.3, -0.25) is 14.9 Å². The summed E-state index contributed by atoms with van der Waals surface area (Å²) in [6, 6.07) is 2.04. The van der Waals surface area contributed by atoms with E-state index in [2.05, 4.69) is 5.32 Å². The molecule has 1 fully saturated rings. The largest absolute Gasteiger partial charge is 0.506 e. The first-order chi connectivity index (χ1) is 7.97. The molecule has 1 aromatic rings. The number of nitrogens with one attached hydrogen (secondary N) is 1. The normalized spacial score (nSPS) is 17.6. The Morgan fingerprint density at radius 1 is 1.41 bits per heavy atom. The molecular weight excluding hydrogens is 249 g/mol. The van der Waals surface area contributed by atoms with Crippen molar-refractivity contribution in [3.05, 3.63) is 34.1 Å². The van der Waals surface area contributed by atoms with Crippen molar-refractivity contribution in [3.63, 3.8) is 0 Å². The number of carbonyl (C=O) groups excluding carboxylic acids is 2. The molecule has 0 unspecified atom stereocenters. The quantitative estimate of drug-likeness (QED) is 0.592. The van der Waals surface area contributed by atoms with E-state index < -0.39 is 17.6 Å². The van der Waals surface area contributed by atoms with Crippen molar-refractivity contribution in [1.29, 1.82) is 0 Å². The van der Waals surface area contributed by atoms with E-state index in [0.29, 0.717) is 0 Å². The molecule has 4 nitrogen and oxygen atoms in total. The molecule has 1 aliphatic rings. The van der Waals surface area contributed by atoms with Crippen molar-refractivity contribution in [2.75, 3.05) is 0 Å². The Kier molecular flexibility index (Phi) is 2.85. The third kappa shape index (κ3) is 2.29. The van der Waals surface area contributed by atoms with Crippen molar-refractivity contribution in [1.82, 2.24) is 5.32 Å². The van der Waals surface area contributed by atoms with Gasteiger partial charge < -0.3 is 5.11 Å². The van der Waals surface area contributed by atoms with E-state index in [1.54, 1.807) is 0 Å². The Balaban J connectivity index is 2.42. The van der Waals surface area contributed by atoms with E-state index in [4.69, 9.17) is 11.6 Å². The number of carbonyl (C=O) groups is 2. The van der Waals surface area contributed by atoms with Gasteiger partial charge in [0.2, 0.25) is 5.91 Å². The van der Waals surface area contributed by atoms with E-state index in [0.717, 1.165) is 12.1 Å². The van der Waals surface area contributed by atoms with Gasteiger partial charge in [0, 0.05) is 11.1 Å². The molecule has 2 N–H and O–H groups in total. The molecule has 2 amide bonds. The molecule has 1 aromatic carbocycles. The number of phenols is 1. The van der Waals surface area contributed by atoms with Crippen LogP contribution in [0.2, 0.25) is 5.02 Å². The molecule has 6 heteroatoms. The number of halogens is 2. The Morgan fingerprint density at radius 3 is 2.71 bits per heavy atom. The van der Waals surface area contributed by atoms with Gasteiger partial charge in [-0.25, -0.2) is 4.39 Å². The second-order valence-corrected chi connectivity index (χ2v) is 3.96. The molecule has 88 valence electrons. The maximum Gasteiger partial charge on any atom is 0.254 e. The number of hydrogen-bond donors (Lipinski definition) is 2. The summed E-state index contributed by atoms with van der Waals surface area (Å²) in [6.45, 7) is 0. The summed E-state index contributed by atoms with van der Waals surface area (Å²) in [4.78, 5) is 22.2. The van der Waals surface area contributed by atoms with Gasteiger partial charge in [0.25, 0.3) is 5.91 Å². The SMILES string of the molecule is O=C1CC(=Cc2cc(O)c(Cl)cc2F)C(=O)N1. The van der Waals surface area contributed by atoms with Crippen molar-refractivity contribution >= 4 is 29.5 Å². The molecule has 1 aliphatic heterocycles. The highest BCUT2D eigenvalue weighted by Gasteiger charge is 2.24. The lowest BCUT2D eigenvalue weighted by molar-refractivity contribution is -0.124. The summed E-state index contributed by atoms with van der Waals surface area (Å²) in [5.41, 5.74) is 0.155. The molecule has 0 spiro atoms. The number of benzene rings is 1. The molecule has 0 radical (unpaired) electrons. The lowest BCUT2D eigenvalue weighted by Crippen LogP contribution is -2.19. The molecule has 0 saturated carbocycles. The number of imide groups is 1. The average molecular weight is 256 g/mol. The summed E-state index contributed by atoms with van der Waals surface area (Å²) in [7, 11) is 0. The van der Waals surface area contributed by atoms with Crippen molar-refractivity contribution < 1.29 is 19.1 Å². The number of phenolic OH excluding ortho intramolecular Hbond substituents is 1. The van der Waals surface area contributed by atoms with E-state index in [1.165, 1.54) is 6.08 Å². The first kappa shape index (κ1) is 11.6. The van der Waals surface area contributed by atoms with Crippen LogP contribution in [0.3, 0.4) is 0 Å². The number of hydrogen-bond acceptors (Lipinski definition) is 3. The Bertz CT molecular complexity index is 554. The third-order valence-electron chi connectivity index (χ3n) is 2.29. The van der Waals surface area contributed by atoms with Crippen LogP contribution in [-0.4, -0.2) is 16.9 Å². The van der Waals surface area contributed by atoms with Crippen LogP contribution in [0.5, 0.6) is 5.75 Å². The van der Waals surface area contributed by atoms with Crippen molar-refractivity contribution in [3.8, 4) is 5.75 Å². The minimum Gasteiger partial charge on any atom is -0.506 e. The second kappa shape index (κ2) is 4.18. The van der Waals surface area contributed by atoms with Crippen LogP contribution >= 0.6 is 11.6 Å². The van der Waals surface area contributed by atoms with Gasteiger partial charge in [-0.15, -0.1) is 0 Å². The minimum atomic E-state index is -0.674. The van der Waals surface area contributed by atoms with Crippen LogP contribution in [0, 0.1) is 5.82 Å². The van der Waals surface area contributed by atoms with Crippen LogP contribution in [0.4, 0.5) is 4.39 Å². The van der Waals surface area contributed by atoms with Gasteiger partial charge in [0.15, 0.2) is 0 Å². The maximum absolute atomic E-state index is 13.5. The van der Waals surface area contributed by atoms with E-state index in [-0.39, 0.29) is 28.3 Å². The van der Waals surface area contributed by atoms with Crippen LogP contribution in [-0.2, 0) is 9.59 Å². The predicted molar refractivity (Wildman–Crippen MR) is 58.8 cm³/mol. The van der Waals surface area contributed by atoms with E-state index >= 15 is 0 Å². The summed E-state index contributed by atoms with van der Waals surface area (Å²) in [5.74, 6) is -1.94. The third-order valence-corrected chi connectivity index (χ3v) is 2.59. The topological polar surface area (TPSA) is 66.4 Å². The van der Waals surface area contributed by atoms with Gasteiger partial charge in [0.05, 0.1) is 11.4 Å². The first-order valence-electron chi connectivity index (χ1n) is 4.70. The van der Waals surface area contributed by atoms with Crippen molar-refractivity contribution in [2.45, 2.75) is 6.42 Å². The zero-order valence-electron chi connectivity index (χ0n) is 8.46. The van der Waals surface area contributed by atoms with Crippen LogP contribution in [0.15, 0.2) is 17.7 Å². The van der Waals surface area contributed by atoms with Crippen LogP contribution in [0.1, 0.15) is 12.0 Å². The summed E-state index contributed by atoms with van der Waals surface area (Å²) < 4.78 is 13.5. The highest BCUT2D eigenvalue weighted by molar-refractivity contribution is 6.32. The molecule has 17 heavy (non-hydrogen) atoms. The van der Waals surface area contributed by atoms with E-state index in [9.17, 15) is 19.1 Å². The van der Waals surface area contributed by atoms with E-state index in [1.807, 2.05) is 0 Å². The summed E-state index contributed by atoms with van der Waals surface area (Å²) in [6.07, 6.45) is 1.12. The standard InChI is InChI=1S/C11H7ClFNO3/c12-7-4-8(13)5(2-9(7)15)1-6-3-10(16)14-11(6)17/h1-2,4,15H,3H2,(H,14,16,17). The second-order valence-electron chi connectivity index (χ2n) is 3.55. The zero-order valence-corrected chi connectivity index (χ0v) is 9.21. The number of amides is 2. The first-order valence-corrected chi connectivity index (χ1v) is 5.08. The molecule has 0 bridgehead atoms. The Morgan fingerprint density at radius 2 is 2.12 bits per heavy atom. The molecule has 2 rings (SSSR count). The zero-order chi connectivity index (χ0) is 12.6. The lowest BCUT2D eigenvalue weighted by atomic mass is 10.1. The molecule has 1 saturated heterocycles. The highest BCUT2D eigenvalue weighted by Crippen LogP contribution is 2.28. The molecule has 0 atom stereocenters. The Labute approximate surface area is 101 Å². The predicted octanol–water partition coefficient (Wildman–Crippen LogP) is 1.61. The Hall–Kier alpha value is -1.88. The van der Waals surface area contributed by atoms with Gasteiger partial charge in [-0.05, 0) is 18.2 Å².